The van der Waals surface area contributed by atoms with Crippen molar-refractivity contribution < 1.29 is 13.6 Å². The highest BCUT2D eigenvalue weighted by Crippen LogP contribution is 2.50. The predicted octanol–water partition coefficient (Wildman–Crippen LogP) is 20.4. The fourth-order valence-electron chi connectivity index (χ4n) is 7.69. The molecular weight excluding hydrogens is 760 g/mol. The lowest BCUT2D eigenvalue weighted by molar-refractivity contribution is 0.150. The molecule has 3 nitrogen and oxygen atoms in total. The molecule has 0 spiro atoms. The van der Waals surface area contributed by atoms with E-state index >= 15 is 0 Å². The summed E-state index contributed by atoms with van der Waals surface area (Å²) in [6.45, 7) is 6.19. The zero-order chi connectivity index (χ0) is 42.7. The molecule has 5 heteroatoms. The molecule has 0 atom stereocenters. The highest BCUT2D eigenvalue weighted by atomic mass is 32.5. The van der Waals surface area contributed by atoms with Gasteiger partial charge < -0.3 is 13.6 Å². The van der Waals surface area contributed by atoms with Crippen LogP contribution in [-0.2, 0) is 25.4 Å². The van der Waals surface area contributed by atoms with E-state index in [0.717, 1.165) is 19.3 Å². The Kier molecular flexibility index (Phi) is 51.9. The molecule has 0 radical (unpaired) electrons. The third-order valence-corrected chi connectivity index (χ3v) is 14.2. The van der Waals surface area contributed by atoms with Crippen LogP contribution < -0.4 is 0 Å². The Labute approximate surface area is 377 Å². The van der Waals surface area contributed by atoms with E-state index in [4.69, 9.17) is 25.4 Å². The van der Waals surface area contributed by atoms with Crippen LogP contribution in [-0.4, -0.2) is 19.8 Å². The van der Waals surface area contributed by atoms with Gasteiger partial charge in [-0.2, -0.15) is 0 Å². The van der Waals surface area contributed by atoms with E-state index in [0.29, 0.717) is 19.8 Å². The first-order valence-electron chi connectivity index (χ1n) is 26.7. The average Bonchev–Trinajstić information content (AvgIpc) is 3.24. The molecule has 0 amide bonds. The van der Waals surface area contributed by atoms with Crippen LogP contribution in [0.3, 0.4) is 0 Å². The maximum atomic E-state index is 6.27. The first kappa shape index (κ1) is 58.8. The summed E-state index contributed by atoms with van der Waals surface area (Å²) in [6.07, 6.45) is 69.5. The Bertz CT molecular complexity index is 803. The van der Waals surface area contributed by atoms with Gasteiger partial charge in [-0.05, 0) is 108 Å². The molecule has 0 unspecified atom stereocenters. The highest BCUT2D eigenvalue weighted by Gasteiger charge is 2.20. The van der Waals surface area contributed by atoms with Crippen molar-refractivity contribution in [2.45, 2.75) is 290 Å². The summed E-state index contributed by atoms with van der Waals surface area (Å²) >= 11 is 5.96. The lowest BCUT2D eigenvalue weighted by atomic mass is 10.1. The molecular formula is C54H105O3PS. The predicted molar refractivity (Wildman–Crippen MR) is 270 cm³/mol. The van der Waals surface area contributed by atoms with E-state index in [-0.39, 0.29) is 0 Å². The van der Waals surface area contributed by atoms with Crippen LogP contribution in [0.25, 0.3) is 0 Å². The summed E-state index contributed by atoms with van der Waals surface area (Å²) in [4.78, 5) is 0. The maximum Gasteiger partial charge on any atom is 0.327 e. The minimum absolute atomic E-state index is 0.666. The van der Waals surface area contributed by atoms with Crippen LogP contribution in [0, 0.1) is 0 Å². The van der Waals surface area contributed by atoms with Crippen LogP contribution in [0.5, 0.6) is 0 Å². The Morgan fingerprint density at radius 3 is 0.627 bits per heavy atom. The summed E-state index contributed by atoms with van der Waals surface area (Å²) in [7, 11) is 0. The molecule has 0 N–H and O–H groups in total. The normalized spacial score (nSPS) is 13.2. The average molecular weight is 865 g/mol. The molecule has 0 aliphatic heterocycles. The van der Waals surface area contributed by atoms with E-state index in [1.807, 2.05) is 0 Å². The lowest BCUT2D eigenvalue weighted by Crippen LogP contribution is -2.04. The lowest BCUT2D eigenvalue weighted by Gasteiger charge is -2.22. The fraction of sp³-hybridized carbons (Fsp3) is 0.889. The Morgan fingerprint density at radius 2 is 0.424 bits per heavy atom. The largest absolute Gasteiger partial charge is 0.327 e. The van der Waals surface area contributed by atoms with Crippen molar-refractivity contribution in [1.82, 2.24) is 0 Å². The van der Waals surface area contributed by atoms with E-state index in [9.17, 15) is 0 Å². The van der Waals surface area contributed by atoms with E-state index in [1.165, 1.54) is 250 Å². The number of rotatable bonds is 51. The molecule has 0 fully saturated rings. The zero-order valence-corrected chi connectivity index (χ0v) is 42.1. The molecule has 0 rings (SSSR count). The van der Waals surface area contributed by atoms with Crippen molar-refractivity contribution in [3.8, 4) is 0 Å². The molecule has 59 heavy (non-hydrogen) atoms. The topological polar surface area (TPSA) is 27.7 Å². The second-order valence-electron chi connectivity index (χ2n) is 17.8. The molecule has 0 saturated heterocycles. The van der Waals surface area contributed by atoms with Gasteiger partial charge in [-0.1, -0.05) is 231 Å². The van der Waals surface area contributed by atoms with Crippen LogP contribution in [0.2, 0.25) is 0 Å². The molecule has 0 bridgehead atoms. The number of allylic oxidation sites excluding steroid dienone is 6. The minimum Gasteiger partial charge on any atom is -0.309 e. The van der Waals surface area contributed by atoms with Crippen LogP contribution in [0.15, 0.2) is 36.5 Å². The summed E-state index contributed by atoms with van der Waals surface area (Å²) < 4.78 is 18.8. The fourth-order valence-corrected chi connectivity index (χ4v) is 9.64. The van der Waals surface area contributed by atoms with Crippen LogP contribution in [0.4, 0.5) is 0 Å². The molecule has 0 saturated carbocycles. The smallest absolute Gasteiger partial charge is 0.309 e. The Balaban J connectivity index is 4.18. The van der Waals surface area contributed by atoms with Crippen molar-refractivity contribution in [3.05, 3.63) is 36.5 Å². The molecule has 0 heterocycles. The van der Waals surface area contributed by atoms with Crippen molar-refractivity contribution in [2.75, 3.05) is 19.8 Å². The first-order valence-corrected chi connectivity index (χ1v) is 29.2. The van der Waals surface area contributed by atoms with Gasteiger partial charge in [0.1, 0.15) is 0 Å². The van der Waals surface area contributed by atoms with Gasteiger partial charge in [0.05, 0.1) is 19.8 Å². The van der Waals surface area contributed by atoms with Crippen molar-refractivity contribution in [3.63, 3.8) is 0 Å². The Morgan fingerprint density at radius 1 is 0.254 bits per heavy atom. The summed E-state index contributed by atoms with van der Waals surface area (Å²) in [5.41, 5.74) is 0. The second kappa shape index (κ2) is 52.1. The monoisotopic (exact) mass is 865 g/mol. The summed E-state index contributed by atoms with van der Waals surface area (Å²) in [5, 5.41) is 0. The van der Waals surface area contributed by atoms with Gasteiger partial charge in [-0.3, -0.25) is 0 Å². The van der Waals surface area contributed by atoms with Gasteiger partial charge in [0.25, 0.3) is 0 Å². The highest BCUT2D eigenvalue weighted by molar-refractivity contribution is 8.07. The van der Waals surface area contributed by atoms with E-state index < -0.39 is 6.72 Å². The van der Waals surface area contributed by atoms with E-state index in [2.05, 4.69) is 57.2 Å². The molecule has 0 aliphatic carbocycles. The first-order chi connectivity index (χ1) is 29.2. The molecule has 0 aromatic carbocycles. The molecule has 350 valence electrons. The Hall–Kier alpha value is -0.250. The third kappa shape index (κ3) is 50.3. The quantitative estimate of drug-likeness (QED) is 0.0346. The van der Waals surface area contributed by atoms with Gasteiger partial charge in [0.15, 0.2) is 0 Å². The second-order valence-corrected chi connectivity index (χ2v) is 20.8. The molecule has 0 aromatic heterocycles. The molecule has 0 aromatic rings. The van der Waals surface area contributed by atoms with Gasteiger partial charge >= 0.3 is 6.72 Å². The maximum absolute atomic E-state index is 6.27. The van der Waals surface area contributed by atoms with Crippen molar-refractivity contribution in [1.29, 1.82) is 0 Å². The van der Waals surface area contributed by atoms with Gasteiger partial charge in [-0.15, -0.1) is 0 Å². The van der Waals surface area contributed by atoms with Crippen LogP contribution in [0.1, 0.15) is 290 Å². The van der Waals surface area contributed by atoms with Crippen molar-refractivity contribution in [2.24, 2.45) is 0 Å². The van der Waals surface area contributed by atoms with Gasteiger partial charge in [0, 0.05) is 0 Å². The number of hydrogen-bond donors (Lipinski definition) is 0. The van der Waals surface area contributed by atoms with E-state index in [1.54, 1.807) is 0 Å². The summed E-state index contributed by atoms with van der Waals surface area (Å²) in [5.74, 6) is 0. The number of hydrogen-bond acceptors (Lipinski definition) is 4. The van der Waals surface area contributed by atoms with Gasteiger partial charge in [-0.25, -0.2) is 0 Å². The number of unbranched alkanes of at least 4 members (excludes halogenated alkanes) is 36. The van der Waals surface area contributed by atoms with Crippen LogP contribution >= 0.6 is 6.72 Å². The third-order valence-electron chi connectivity index (χ3n) is 11.7. The van der Waals surface area contributed by atoms with Crippen molar-refractivity contribution >= 4 is 18.5 Å². The summed E-state index contributed by atoms with van der Waals surface area (Å²) in [6, 6.07) is 0. The standard InChI is InChI=1S/C54H105O3PS/c1-4-7-10-13-16-19-22-25-28-31-34-37-40-43-46-49-52-55-58(59,56-53-50-47-44-41-38-35-32-29-26-23-20-17-14-11-8-5-2)57-54-51-48-45-42-39-36-33-30-27-24-21-18-15-12-9-6-3/h25-30H,4-24,31-54H2,1-3H3. The van der Waals surface area contributed by atoms with Gasteiger partial charge in [0.2, 0.25) is 0 Å². The minimum atomic E-state index is -2.68. The molecule has 0 aliphatic rings. The zero-order valence-electron chi connectivity index (χ0n) is 40.4. The SMILES string of the molecule is CCCCCCCCC=CCCCCCCCCOP(=S)(OCCCCCCCCC=CCCCCCCCC)OCCCCCCCCC=CCCCCCCCC.